The standard InChI is InChI=1S/C79H155N13O10S/c1-4-7-10-13-16-19-22-23-24-25-26-29-32-35-38-49-60-85-74(97)69(86-71(94)54-39-36-33-30-27-20-17-14-11-8-5-2)62-103-63-70(87-72(95)55-40-37-34-31-28-21-18-15-12-9-6-3)79(102)92-68(61-93)78(101)91-67(53-44-48-59-83)77(100)90-66(52-43-47-58-82)76(99)89-65(51-42-46-57-81)75(98)88-64(73(84)96)50-41-45-56-80/h64-70,93H,4-63,80-83H2,1-3H3,(H2,84,96)(H,85,97)(H,86,94)(H,87,95)(H,88,98)(H,89,99)(H,90,100)(H,91,101)(H,92,102)/t64-,65-,66-,67-,68-,69-,70-/m0/s1. The van der Waals surface area contributed by atoms with Crippen molar-refractivity contribution in [1.29, 1.82) is 0 Å². The van der Waals surface area contributed by atoms with E-state index in [1.807, 2.05) is 0 Å². The number of unbranched alkanes of at least 4 members (excludes halogenated alkanes) is 39. The predicted molar refractivity (Wildman–Crippen MR) is 423 cm³/mol. The van der Waals surface area contributed by atoms with Gasteiger partial charge in [-0.15, -0.1) is 0 Å². The Morgan fingerprint density at radius 1 is 0.282 bits per heavy atom. The lowest BCUT2D eigenvalue weighted by Crippen LogP contribution is -2.60. The fourth-order valence-corrected chi connectivity index (χ4v) is 13.8. The number of aliphatic hydroxyl groups is 1. The molecule has 0 spiro atoms. The molecule has 0 fully saturated rings. The Morgan fingerprint density at radius 2 is 0.524 bits per heavy atom. The van der Waals surface area contributed by atoms with Gasteiger partial charge in [-0.2, -0.15) is 11.8 Å². The van der Waals surface area contributed by atoms with E-state index in [1.165, 1.54) is 172 Å². The molecule has 9 amide bonds. The van der Waals surface area contributed by atoms with E-state index >= 15 is 0 Å². The van der Waals surface area contributed by atoms with E-state index in [0.717, 1.165) is 70.6 Å². The van der Waals surface area contributed by atoms with Gasteiger partial charge in [-0.3, -0.25) is 43.2 Å². The lowest BCUT2D eigenvalue weighted by Gasteiger charge is -2.27. The molecule has 24 heteroatoms. The molecule has 0 aromatic carbocycles. The number of nitrogens with two attached hydrogens (primary N) is 5. The number of aliphatic hydroxyl groups excluding tert-OH is 1. The second kappa shape index (κ2) is 71.6. The number of carbonyl (C=O) groups is 9. The lowest BCUT2D eigenvalue weighted by atomic mass is 10.0. The first-order valence-electron chi connectivity index (χ1n) is 41.7. The van der Waals surface area contributed by atoms with Crippen LogP contribution in [0.5, 0.6) is 0 Å². The van der Waals surface area contributed by atoms with Gasteiger partial charge in [0.25, 0.3) is 0 Å². The number of primary amides is 1. The largest absolute Gasteiger partial charge is 0.394 e. The van der Waals surface area contributed by atoms with Crippen molar-refractivity contribution in [2.24, 2.45) is 28.7 Å². The monoisotopic (exact) mass is 1480 g/mol. The van der Waals surface area contributed by atoms with Crippen molar-refractivity contribution in [3.05, 3.63) is 0 Å². The van der Waals surface area contributed by atoms with E-state index in [9.17, 15) is 48.3 Å². The minimum Gasteiger partial charge on any atom is -0.394 e. The Labute approximate surface area is 629 Å². The quantitative estimate of drug-likeness (QED) is 0.0252. The van der Waals surface area contributed by atoms with Gasteiger partial charge in [-0.25, -0.2) is 0 Å². The van der Waals surface area contributed by atoms with Crippen LogP contribution in [-0.2, 0) is 43.2 Å². The van der Waals surface area contributed by atoms with E-state index in [4.69, 9.17) is 28.7 Å². The first kappa shape index (κ1) is 98.4. The van der Waals surface area contributed by atoms with E-state index in [0.29, 0.717) is 90.4 Å². The van der Waals surface area contributed by atoms with Gasteiger partial charge in [0.15, 0.2) is 0 Å². The van der Waals surface area contributed by atoms with Crippen molar-refractivity contribution >= 4 is 64.9 Å². The van der Waals surface area contributed by atoms with Gasteiger partial charge in [-0.05, 0) is 122 Å². The smallest absolute Gasteiger partial charge is 0.245 e. The third-order valence-corrected chi connectivity index (χ3v) is 20.5. The third-order valence-electron chi connectivity index (χ3n) is 19.4. The molecule has 23 nitrogen and oxygen atoms in total. The molecular formula is C79H155N13O10S. The van der Waals surface area contributed by atoms with Gasteiger partial charge in [0.1, 0.15) is 42.3 Å². The summed E-state index contributed by atoms with van der Waals surface area (Å²) in [7, 11) is 0. The molecule has 0 bridgehead atoms. The van der Waals surface area contributed by atoms with Gasteiger partial charge in [0.05, 0.1) is 6.61 Å². The van der Waals surface area contributed by atoms with Crippen molar-refractivity contribution in [1.82, 2.24) is 42.5 Å². The Hall–Kier alpha value is -4.62. The fourth-order valence-electron chi connectivity index (χ4n) is 12.7. The molecule has 0 saturated carbocycles. The number of thioether (sulfide) groups is 1. The van der Waals surface area contributed by atoms with Crippen molar-refractivity contribution < 1.29 is 48.3 Å². The van der Waals surface area contributed by atoms with Crippen LogP contribution in [0.2, 0.25) is 0 Å². The van der Waals surface area contributed by atoms with Crippen LogP contribution in [0.25, 0.3) is 0 Å². The minimum absolute atomic E-state index is 0.0548. The highest BCUT2D eigenvalue weighted by molar-refractivity contribution is 7.99. The maximum Gasteiger partial charge on any atom is 0.245 e. The summed E-state index contributed by atoms with van der Waals surface area (Å²) in [5, 5.41) is 33.2. The topological polar surface area (TPSA) is 400 Å². The number of rotatable bonds is 76. The fraction of sp³-hybridized carbons (Fsp3) is 0.886. The number of nitrogens with one attached hydrogen (secondary N) is 8. The summed E-state index contributed by atoms with van der Waals surface area (Å²) in [5.41, 5.74) is 28.8. The maximum absolute atomic E-state index is 14.5. The summed E-state index contributed by atoms with van der Waals surface area (Å²) in [5.74, 6) is -5.46. The summed E-state index contributed by atoms with van der Waals surface area (Å²) >= 11 is 1.20. The van der Waals surface area contributed by atoms with Crippen molar-refractivity contribution in [2.45, 2.75) is 397 Å². The average molecular weight is 1480 g/mol. The van der Waals surface area contributed by atoms with Crippen LogP contribution in [0.4, 0.5) is 0 Å². The van der Waals surface area contributed by atoms with Gasteiger partial charge < -0.3 is 76.3 Å². The molecule has 602 valence electrons. The zero-order chi connectivity index (χ0) is 76.0. The highest BCUT2D eigenvalue weighted by atomic mass is 32.2. The van der Waals surface area contributed by atoms with Crippen LogP contribution in [-0.4, -0.2) is 151 Å². The third kappa shape index (κ3) is 57.3. The second-order valence-corrected chi connectivity index (χ2v) is 30.0. The van der Waals surface area contributed by atoms with Crippen molar-refractivity contribution in [3.8, 4) is 0 Å². The molecule has 0 aliphatic rings. The van der Waals surface area contributed by atoms with Crippen LogP contribution in [0.1, 0.15) is 355 Å². The Balaban J connectivity index is 6.59. The molecule has 0 saturated heterocycles. The van der Waals surface area contributed by atoms with Gasteiger partial charge in [0, 0.05) is 30.9 Å². The summed E-state index contributed by atoms with van der Waals surface area (Å²) in [6.45, 7) is 7.55. The van der Waals surface area contributed by atoms with Crippen LogP contribution >= 0.6 is 11.8 Å². The van der Waals surface area contributed by atoms with Crippen molar-refractivity contribution in [2.75, 3.05) is 50.8 Å². The molecule has 0 unspecified atom stereocenters. The first-order chi connectivity index (χ1) is 50.1. The maximum atomic E-state index is 14.5. The molecule has 103 heavy (non-hydrogen) atoms. The molecule has 0 radical (unpaired) electrons. The number of carbonyl (C=O) groups excluding carboxylic acids is 9. The van der Waals surface area contributed by atoms with Crippen LogP contribution in [0.15, 0.2) is 0 Å². The molecule has 7 atom stereocenters. The highest BCUT2D eigenvalue weighted by Crippen LogP contribution is 2.18. The lowest BCUT2D eigenvalue weighted by molar-refractivity contribution is -0.136. The molecule has 0 aromatic heterocycles. The van der Waals surface area contributed by atoms with Gasteiger partial charge in [-0.1, -0.05) is 245 Å². The summed E-state index contributed by atoms with van der Waals surface area (Å²) < 4.78 is 0. The summed E-state index contributed by atoms with van der Waals surface area (Å²) in [6.07, 6.45) is 49.2. The number of hydrogen-bond acceptors (Lipinski definition) is 15. The van der Waals surface area contributed by atoms with Crippen molar-refractivity contribution in [3.63, 3.8) is 0 Å². The van der Waals surface area contributed by atoms with E-state index in [2.05, 4.69) is 63.3 Å². The Kier molecular flexibility index (Phi) is 68.4. The minimum atomic E-state index is -1.61. The SMILES string of the molecule is CCCCCCCCCCCCCCCCCCNC(=O)[C@H](CSC[C@H](NC(=O)CCCCCCCCCCCCC)C(=O)N[C@@H](CO)C(=O)N[C@@H](CCCCN)C(=O)N[C@@H](CCCCN)C(=O)N[C@@H](CCCCN)C(=O)N[C@@H](CCCCN)C(N)=O)NC(=O)CCCCCCCCCCCCC. The zero-order valence-electron chi connectivity index (χ0n) is 65.4. The van der Waals surface area contributed by atoms with Gasteiger partial charge >= 0.3 is 0 Å². The van der Waals surface area contributed by atoms with Crippen LogP contribution < -0.4 is 71.2 Å². The van der Waals surface area contributed by atoms with Crippen LogP contribution in [0.3, 0.4) is 0 Å². The number of amides is 9. The van der Waals surface area contributed by atoms with E-state index in [-0.39, 0.29) is 74.3 Å². The van der Waals surface area contributed by atoms with E-state index in [1.54, 1.807) is 0 Å². The molecule has 19 N–H and O–H groups in total. The van der Waals surface area contributed by atoms with Gasteiger partial charge in [0.2, 0.25) is 53.2 Å². The van der Waals surface area contributed by atoms with E-state index < -0.39 is 84.3 Å². The Bertz CT molecular complexity index is 2140. The molecule has 0 aliphatic heterocycles. The molecule has 0 aliphatic carbocycles. The molecule has 0 aromatic rings. The average Bonchev–Trinajstić information content (AvgIpc) is 0.873. The normalized spacial score (nSPS) is 13.4. The highest BCUT2D eigenvalue weighted by Gasteiger charge is 2.34. The second-order valence-electron chi connectivity index (χ2n) is 29.0. The first-order valence-corrected chi connectivity index (χ1v) is 42.9. The Morgan fingerprint density at radius 3 is 0.816 bits per heavy atom. The predicted octanol–water partition coefficient (Wildman–Crippen LogP) is 10.9. The zero-order valence-corrected chi connectivity index (χ0v) is 66.2. The molecule has 0 rings (SSSR count). The summed E-state index contributed by atoms with van der Waals surface area (Å²) in [4.78, 5) is 125. The molecular weight excluding hydrogens is 1320 g/mol. The van der Waals surface area contributed by atoms with Crippen LogP contribution in [0, 0.1) is 0 Å². The summed E-state index contributed by atoms with van der Waals surface area (Å²) in [6, 6.07) is -8.45. The number of hydrogen-bond donors (Lipinski definition) is 14. The molecule has 0 heterocycles.